The summed E-state index contributed by atoms with van der Waals surface area (Å²) in [5.74, 6) is 0.252. The first-order chi connectivity index (χ1) is 13.6. The van der Waals surface area contributed by atoms with E-state index in [2.05, 4.69) is 20.6 Å². The molecule has 0 saturated carbocycles. The van der Waals surface area contributed by atoms with Crippen LogP contribution in [-0.2, 0) is 13.0 Å². The molecule has 3 aromatic rings. The third-order valence-corrected chi connectivity index (χ3v) is 4.40. The number of hydrogen-bond donors (Lipinski definition) is 3. The molecule has 0 bridgehead atoms. The number of halogens is 3. The van der Waals surface area contributed by atoms with Gasteiger partial charge in [0.1, 0.15) is 5.82 Å². The molecule has 0 saturated heterocycles. The molecule has 0 spiro atoms. The average molecular weight is 514 g/mol. The van der Waals surface area contributed by atoms with Crippen LogP contribution in [0.15, 0.2) is 47.6 Å². The summed E-state index contributed by atoms with van der Waals surface area (Å²) in [5.41, 5.74) is 2.68. The predicted molar refractivity (Wildman–Crippen MR) is 123 cm³/mol. The lowest BCUT2D eigenvalue weighted by Gasteiger charge is -2.12. The van der Waals surface area contributed by atoms with Gasteiger partial charge in [0.15, 0.2) is 17.5 Å². The largest absolute Gasteiger partial charge is 0.491 e. The molecule has 156 valence electrons. The molecule has 3 rings (SSSR count). The minimum atomic E-state index is -0.375. The lowest BCUT2D eigenvalue weighted by molar-refractivity contribution is 0.321. The second kappa shape index (κ2) is 11.0. The Morgan fingerprint density at radius 3 is 2.69 bits per heavy atom. The summed E-state index contributed by atoms with van der Waals surface area (Å²) >= 11 is 0. The van der Waals surface area contributed by atoms with Crippen molar-refractivity contribution in [3.05, 3.63) is 65.4 Å². The Hall–Kier alpha value is -2.36. The first-order valence-corrected chi connectivity index (χ1v) is 9.22. The van der Waals surface area contributed by atoms with E-state index in [9.17, 15) is 8.78 Å². The number of aliphatic imine (C=N–C) groups is 1. The van der Waals surface area contributed by atoms with Gasteiger partial charge in [0.2, 0.25) is 0 Å². The first-order valence-electron chi connectivity index (χ1n) is 9.22. The molecule has 1 heterocycles. The van der Waals surface area contributed by atoms with Crippen molar-refractivity contribution in [2.75, 3.05) is 20.2 Å². The van der Waals surface area contributed by atoms with Crippen LogP contribution in [0.1, 0.15) is 18.1 Å². The minimum Gasteiger partial charge on any atom is -0.491 e. The summed E-state index contributed by atoms with van der Waals surface area (Å²) < 4.78 is 32.4. The number of nitrogens with one attached hydrogen (secondary N) is 3. The van der Waals surface area contributed by atoms with E-state index < -0.39 is 0 Å². The third kappa shape index (κ3) is 6.06. The van der Waals surface area contributed by atoms with Crippen LogP contribution < -0.4 is 15.4 Å². The van der Waals surface area contributed by atoms with Crippen LogP contribution in [0.2, 0.25) is 0 Å². The van der Waals surface area contributed by atoms with Gasteiger partial charge in [-0.3, -0.25) is 4.99 Å². The van der Waals surface area contributed by atoms with Crippen LogP contribution in [0.4, 0.5) is 8.78 Å². The molecule has 0 aliphatic heterocycles. The van der Waals surface area contributed by atoms with Gasteiger partial charge in [0.05, 0.1) is 6.61 Å². The third-order valence-electron chi connectivity index (χ3n) is 4.40. The maximum atomic E-state index is 13.9. The predicted octanol–water partition coefficient (Wildman–Crippen LogP) is 4.37. The monoisotopic (exact) mass is 514 g/mol. The van der Waals surface area contributed by atoms with Gasteiger partial charge in [-0.1, -0.05) is 6.07 Å². The fourth-order valence-electron chi connectivity index (χ4n) is 3.01. The van der Waals surface area contributed by atoms with E-state index in [0.717, 1.165) is 28.5 Å². The van der Waals surface area contributed by atoms with Crippen molar-refractivity contribution in [1.82, 2.24) is 15.6 Å². The van der Waals surface area contributed by atoms with E-state index in [1.54, 1.807) is 19.2 Å². The van der Waals surface area contributed by atoms with E-state index in [0.29, 0.717) is 25.7 Å². The van der Waals surface area contributed by atoms with Gasteiger partial charge in [0, 0.05) is 37.2 Å². The Bertz CT molecular complexity index is 974. The van der Waals surface area contributed by atoms with Gasteiger partial charge in [-0.25, -0.2) is 8.78 Å². The quantitative estimate of drug-likeness (QED) is 0.250. The molecule has 5 nitrogen and oxygen atoms in total. The summed E-state index contributed by atoms with van der Waals surface area (Å²) in [6.07, 6.45) is 2.65. The Balaban J connectivity index is 0.00000300. The molecule has 29 heavy (non-hydrogen) atoms. The minimum absolute atomic E-state index is 0. The molecule has 2 aromatic carbocycles. The van der Waals surface area contributed by atoms with Crippen molar-refractivity contribution < 1.29 is 13.5 Å². The molecule has 8 heteroatoms. The molecule has 0 amide bonds. The topological polar surface area (TPSA) is 61.4 Å². The van der Waals surface area contributed by atoms with Gasteiger partial charge >= 0.3 is 0 Å². The van der Waals surface area contributed by atoms with Gasteiger partial charge < -0.3 is 20.4 Å². The number of rotatable bonds is 7. The van der Waals surface area contributed by atoms with Crippen LogP contribution in [0.25, 0.3) is 10.9 Å². The molecular formula is C21H25F2IN4O. The van der Waals surface area contributed by atoms with E-state index in [4.69, 9.17) is 4.74 Å². The smallest absolute Gasteiger partial charge is 0.191 e. The molecule has 3 N–H and O–H groups in total. The molecule has 0 atom stereocenters. The first kappa shape index (κ1) is 22.9. The summed E-state index contributed by atoms with van der Waals surface area (Å²) in [7, 11) is 1.68. The Kier molecular flexibility index (Phi) is 8.69. The summed E-state index contributed by atoms with van der Waals surface area (Å²) in [6.45, 7) is 3.34. The number of H-pyrrole nitrogens is 1. The van der Waals surface area contributed by atoms with Crippen molar-refractivity contribution >= 4 is 40.8 Å². The maximum Gasteiger partial charge on any atom is 0.191 e. The Labute approximate surface area is 186 Å². The SMILES string of the molecule is CCOc1ccc(CNC(=NC)NCCc2c[nH]c3cc(F)ccc23)cc1F.I. The van der Waals surface area contributed by atoms with E-state index in [1.165, 1.54) is 18.2 Å². The van der Waals surface area contributed by atoms with Crippen molar-refractivity contribution in [1.29, 1.82) is 0 Å². The normalized spacial score (nSPS) is 11.2. The zero-order valence-electron chi connectivity index (χ0n) is 16.4. The highest BCUT2D eigenvalue weighted by molar-refractivity contribution is 14.0. The van der Waals surface area contributed by atoms with Crippen molar-refractivity contribution in [3.8, 4) is 5.75 Å². The molecule has 0 radical (unpaired) electrons. The number of benzene rings is 2. The van der Waals surface area contributed by atoms with Crippen molar-refractivity contribution in [2.45, 2.75) is 19.9 Å². The van der Waals surface area contributed by atoms with Crippen LogP contribution in [0.5, 0.6) is 5.75 Å². The van der Waals surface area contributed by atoms with Gasteiger partial charge in [-0.05, 0) is 54.8 Å². The average Bonchev–Trinajstić information content (AvgIpc) is 3.08. The standard InChI is InChI=1S/C21H24F2N4O.HI/c1-3-28-20-7-4-14(10-18(20)23)12-27-21(24-2)25-9-8-15-13-26-19-11-16(22)5-6-17(15)19;/h4-7,10-11,13,26H,3,8-9,12H2,1-2H3,(H2,24,25,27);1H. The Morgan fingerprint density at radius 2 is 1.97 bits per heavy atom. The highest BCUT2D eigenvalue weighted by atomic mass is 127. The Morgan fingerprint density at radius 1 is 1.14 bits per heavy atom. The number of fused-ring (bicyclic) bond motifs is 1. The molecule has 1 aromatic heterocycles. The summed E-state index contributed by atoms with van der Waals surface area (Å²) in [5, 5.41) is 7.41. The highest BCUT2D eigenvalue weighted by Crippen LogP contribution is 2.20. The number of hydrogen-bond acceptors (Lipinski definition) is 2. The molecule has 0 aliphatic rings. The number of ether oxygens (including phenoxy) is 1. The number of aromatic amines is 1. The fraction of sp³-hybridized carbons (Fsp3) is 0.286. The fourth-order valence-corrected chi connectivity index (χ4v) is 3.01. The van der Waals surface area contributed by atoms with Crippen LogP contribution in [0.3, 0.4) is 0 Å². The van der Waals surface area contributed by atoms with Gasteiger partial charge in [0.25, 0.3) is 0 Å². The second-order valence-electron chi connectivity index (χ2n) is 6.30. The zero-order chi connectivity index (χ0) is 19.9. The van der Waals surface area contributed by atoms with Crippen molar-refractivity contribution in [3.63, 3.8) is 0 Å². The number of nitrogens with zero attached hydrogens (tertiary/aromatic N) is 1. The summed E-state index contributed by atoms with van der Waals surface area (Å²) in [4.78, 5) is 7.27. The number of aromatic nitrogens is 1. The molecule has 0 aliphatic carbocycles. The lowest BCUT2D eigenvalue weighted by atomic mass is 10.1. The molecule has 0 fully saturated rings. The lowest BCUT2D eigenvalue weighted by Crippen LogP contribution is -2.37. The molecular weight excluding hydrogens is 489 g/mol. The van der Waals surface area contributed by atoms with Gasteiger partial charge in [-0.15, -0.1) is 24.0 Å². The highest BCUT2D eigenvalue weighted by Gasteiger charge is 2.07. The maximum absolute atomic E-state index is 13.9. The van der Waals surface area contributed by atoms with Crippen LogP contribution in [-0.4, -0.2) is 31.1 Å². The molecule has 0 unspecified atom stereocenters. The second-order valence-corrected chi connectivity index (χ2v) is 6.30. The van der Waals surface area contributed by atoms with Crippen LogP contribution >= 0.6 is 24.0 Å². The van der Waals surface area contributed by atoms with Gasteiger partial charge in [-0.2, -0.15) is 0 Å². The van der Waals surface area contributed by atoms with E-state index in [-0.39, 0.29) is 41.4 Å². The van der Waals surface area contributed by atoms with E-state index in [1.807, 2.05) is 19.2 Å². The van der Waals surface area contributed by atoms with Crippen molar-refractivity contribution in [2.24, 2.45) is 4.99 Å². The zero-order valence-corrected chi connectivity index (χ0v) is 18.7. The number of guanidine groups is 1. The van der Waals surface area contributed by atoms with E-state index >= 15 is 0 Å². The van der Waals surface area contributed by atoms with Crippen LogP contribution in [0, 0.1) is 11.6 Å². The summed E-state index contributed by atoms with van der Waals surface area (Å²) in [6, 6.07) is 9.64.